The molecule has 1 aliphatic carbocycles. The van der Waals surface area contributed by atoms with Gasteiger partial charge in [-0.2, -0.15) is 0 Å². The standard InChI is InChI=1S/C15H16N4O3S/c20-13(10-4-2-1-3-5-10)16-15-18-17-14(23-15)11-6-8-12(9-7-11)19(21)22/h6-10H,1-5H2,(H,16,18,20). The van der Waals surface area contributed by atoms with Gasteiger partial charge in [-0.1, -0.05) is 30.6 Å². The number of aromatic nitrogens is 2. The van der Waals surface area contributed by atoms with Crippen LogP contribution in [0, 0.1) is 16.0 Å². The normalized spacial score (nSPS) is 15.3. The van der Waals surface area contributed by atoms with Crippen LogP contribution in [0.5, 0.6) is 0 Å². The Morgan fingerprint density at radius 1 is 1.17 bits per heavy atom. The number of amides is 1. The Kier molecular flexibility index (Phi) is 4.61. The molecule has 1 aliphatic rings. The summed E-state index contributed by atoms with van der Waals surface area (Å²) in [5.41, 5.74) is 0.773. The molecule has 1 aromatic heterocycles. The first-order valence-corrected chi connectivity index (χ1v) is 8.34. The van der Waals surface area contributed by atoms with Gasteiger partial charge in [-0.15, -0.1) is 10.2 Å². The van der Waals surface area contributed by atoms with Gasteiger partial charge >= 0.3 is 0 Å². The van der Waals surface area contributed by atoms with Crippen molar-refractivity contribution in [3.8, 4) is 10.6 Å². The molecule has 3 rings (SSSR count). The molecule has 120 valence electrons. The lowest BCUT2D eigenvalue weighted by Crippen LogP contribution is -2.24. The molecule has 1 N–H and O–H groups in total. The molecule has 7 nitrogen and oxygen atoms in total. The number of rotatable bonds is 4. The molecule has 0 radical (unpaired) electrons. The molecule has 1 aromatic carbocycles. The summed E-state index contributed by atoms with van der Waals surface area (Å²) < 4.78 is 0. The summed E-state index contributed by atoms with van der Waals surface area (Å²) in [4.78, 5) is 22.4. The number of carbonyl (C=O) groups excluding carboxylic acids is 1. The molecule has 0 atom stereocenters. The largest absolute Gasteiger partial charge is 0.300 e. The van der Waals surface area contributed by atoms with E-state index < -0.39 is 4.92 Å². The molecule has 2 aromatic rings. The number of nitro benzene ring substituents is 1. The summed E-state index contributed by atoms with van der Waals surface area (Å²) in [5, 5.41) is 22.6. The molecule has 1 fully saturated rings. The molecule has 0 unspecified atom stereocenters. The van der Waals surface area contributed by atoms with Crippen LogP contribution < -0.4 is 5.32 Å². The van der Waals surface area contributed by atoms with Crippen molar-refractivity contribution in [1.82, 2.24) is 10.2 Å². The van der Waals surface area contributed by atoms with E-state index in [1.807, 2.05) is 0 Å². The van der Waals surface area contributed by atoms with Crippen molar-refractivity contribution < 1.29 is 9.72 Å². The number of carbonyl (C=O) groups is 1. The van der Waals surface area contributed by atoms with Gasteiger partial charge in [0.05, 0.1) is 4.92 Å². The van der Waals surface area contributed by atoms with E-state index in [-0.39, 0.29) is 17.5 Å². The van der Waals surface area contributed by atoms with E-state index in [4.69, 9.17) is 0 Å². The number of nitrogens with one attached hydrogen (secondary N) is 1. The lowest BCUT2D eigenvalue weighted by molar-refractivity contribution is -0.384. The zero-order valence-electron chi connectivity index (χ0n) is 12.4. The Morgan fingerprint density at radius 3 is 2.52 bits per heavy atom. The molecule has 8 heteroatoms. The van der Waals surface area contributed by atoms with Crippen LogP contribution in [0.2, 0.25) is 0 Å². The fourth-order valence-corrected chi connectivity index (χ4v) is 3.44. The quantitative estimate of drug-likeness (QED) is 0.681. The molecule has 1 saturated carbocycles. The van der Waals surface area contributed by atoms with Crippen LogP contribution in [0.3, 0.4) is 0 Å². The number of hydrogen-bond donors (Lipinski definition) is 1. The summed E-state index contributed by atoms with van der Waals surface area (Å²) in [7, 11) is 0. The van der Waals surface area contributed by atoms with Gasteiger partial charge in [-0.05, 0) is 25.0 Å². The second-order valence-electron chi connectivity index (χ2n) is 5.54. The summed E-state index contributed by atoms with van der Waals surface area (Å²) in [6.45, 7) is 0. The highest BCUT2D eigenvalue weighted by atomic mass is 32.1. The van der Waals surface area contributed by atoms with Gasteiger partial charge in [0.2, 0.25) is 11.0 Å². The smallest absolute Gasteiger partial charge is 0.269 e. The SMILES string of the molecule is O=C(Nc1nnc(-c2ccc([N+](=O)[O-])cc2)s1)C1CCCCC1. The predicted octanol–water partition coefficient (Wildman–Crippen LogP) is 3.63. The first-order chi connectivity index (χ1) is 11.1. The number of anilines is 1. The zero-order valence-corrected chi connectivity index (χ0v) is 13.2. The second kappa shape index (κ2) is 6.82. The average molecular weight is 332 g/mol. The van der Waals surface area contributed by atoms with Crippen molar-refractivity contribution in [3.63, 3.8) is 0 Å². The van der Waals surface area contributed by atoms with Crippen molar-refractivity contribution >= 4 is 28.1 Å². The highest BCUT2D eigenvalue weighted by molar-refractivity contribution is 7.18. The molecular formula is C15H16N4O3S. The number of non-ortho nitro benzene ring substituents is 1. The molecule has 0 bridgehead atoms. The van der Waals surface area contributed by atoms with Gasteiger partial charge in [-0.3, -0.25) is 14.9 Å². The molecule has 0 aliphatic heterocycles. The Labute approximate surface area is 136 Å². The first kappa shape index (κ1) is 15.5. The third-order valence-corrected chi connectivity index (χ3v) is 4.84. The van der Waals surface area contributed by atoms with Crippen molar-refractivity contribution in [1.29, 1.82) is 0 Å². The predicted molar refractivity (Wildman–Crippen MR) is 87.2 cm³/mol. The number of hydrogen-bond acceptors (Lipinski definition) is 6. The van der Waals surface area contributed by atoms with Gasteiger partial charge in [0.25, 0.3) is 5.69 Å². The van der Waals surface area contributed by atoms with Crippen molar-refractivity contribution in [3.05, 3.63) is 34.4 Å². The van der Waals surface area contributed by atoms with Crippen LogP contribution in [0.25, 0.3) is 10.6 Å². The van der Waals surface area contributed by atoms with Crippen LogP contribution in [-0.2, 0) is 4.79 Å². The monoisotopic (exact) mass is 332 g/mol. The van der Waals surface area contributed by atoms with Gasteiger partial charge in [-0.25, -0.2) is 0 Å². The van der Waals surface area contributed by atoms with Gasteiger partial charge < -0.3 is 5.32 Å². The van der Waals surface area contributed by atoms with E-state index in [1.165, 1.54) is 29.9 Å². The van der Waals surface area contributed by atoms with Crippen molar-refractivity contribution in [2.75, 3.05) is 5.32 Å². The Balaban J connectivity index is 1.67. The van der Waals surface area contributed by atoms with E-state index in [0.29, 0.717) is 10.1 Å². The maximum Gasteiger partial charge on any atom is 0.269 e. The van der Waals surface area contributed by atoms with E-state index in [9.17, 15) is 14.9 Å². The van der Waals surface area contributed by atoms with Crippen LogP contribution in [0.1, 0.15) is 32.1 Å². The fraction of sp³-hybridized carbons (Fsp3) is 0.400. The third-order valence-electron chi connectivity index (χ3n) is 3.96. The lowest BCUT2D eigenvalue weighted by Gasteiger charge is -2.19. The van der Waals surface area contributed by atoms with Gasteiger partial charge in [0.15, 0.2) is 0 Å². The Bertz CT molecular complexity index is 708. The van der Waals surface area contributed by atoms with Crippen LogP contribution in [0.15, 0.2) is 24.3 Å². The van der Waals surface area contributed by atoms with E-state index >= 15 is 0 Å². The highest BCUT2D eigenvalue weighted by Crippen LogP contribution is 2.29. The lowest BCUT2D eigenvalue weighted by atomic mass is 9.89. The fourth-order valence-electron chi connectivity index (χ4n) is 2.69. The third kappa shape index (κ3) is 3.70. The molecule has 1 amide bonds. The van der Waals surface area contributed by atoms with Crippen LogP contribution in [-0.4, -0.2) is 21.0 Å². The van der Waals surface area contributed by atoms with E-state index in [0.717, 1.165) is 31.2 Å². The molecule has 23 heavy (non-hydrogen) atoms. The van der Waals surface area contributed by atoms with Gasteiger partial charge in [0.1, 0.15) is 5.01 Å². The van der Waals surface area contributed by atoms with Crippen molar-refractivity contribution in [2.45, 2.75) is 32.1 Å². The maximum absolute atomic E-state index is 12.2. The minimum atomic E-state index is -0.445. The minimum absolute atomic E-state index is 0.0103. The number of nitro groups is 1. The van der Waals surface area contributed by atoms with E-state index in [2.05, 4.69) is 15.5 Å². The Morgan fingerprint density at radius 2 is 1.87 bits per heavy atom. The van der Waals surface area contributed by atoms with Crippen LogP contribution >= 0.6 is 11.3 Å². The van der Waals surface area contributed by atoms with Crippen LogP contribution in [0.4, 0.5) is 10.8 Å². The minimum Gasteiger partial charge on any atom is -0.300 e. The molecular weight excluding hydrogens is 316 g/mol. The topological polar surface area (TPSA) is 98.0 Å². The van der Waals surface area contributed by atoms with Crippen molar-refractivity contribution in [2.24, 2.45) is 5.92 Å². The van der Waals surface area contributed by atoms with Gasteiger partial charge in [0, 0.05) is 23.6 Å². The molecule has 1 heterocycles. The number of nitrogens with zero attached hydrogens (tertiary/aromatic N) is 3. The average Bonchev–Trinajstić information content (AvgIpc) is 3.04. The second-order valence-corrected chi connectivity index (χ2v) is 6.52. The summed E-state index contributed by atoms with van der Waals surface area (Å²) in [5.74, 6) is 0.0755. The maximum atomic E-state index is 12.2. The zero-order chi connectivity index (χ0) is 16.2. The van der Waals surface area contributed by atoms with E-state index in [1.54, 1.807) is 12.1 Å². The molecule has 0 spiro atoms. The number of benzene rings is 1. The summed E-state index contributed by atoms with van der Waals surface area (Å²) in [6, 6.07) is 6.12. The first-order valence-electron chi connectivity index (χ1n) is 7.52. The highest BCUT2D eigenvalue weighted by Gasteiger charge is 2.22. The Hall–Kier alpha value is -2.35. The molecule has 0 saturated heterocycles. The summed E-state index contributed by atoms with van der Waals surface area (Å²) in [6.07, 6.45) is 5.26. The summed E-state index contributed by atoms with van der Waals surface area (Å²) >= 11 is 1.27.